The maximum Gasteiger partial charge on any atom is 1.00 e. The van der Waals surface area contributed by atoms with Crippen LogP contribution in [-0.4, -0.2) is 58.9 Å². The first-order valence-corrected chi connectivity index (χ1v) is 12.8. The molecule has 0 saturated carbocycles. The average Bonchev–Trinajstić information content (AvgIpc) is 3.35. The van der Waals surface area contributed by atoms with Crippen molar-refractivity contribution >= 4 is 90.6 Å². The fraction of sp³-hybridized carbons (Fsp3) is 0.217. The molecule has 0 spiro atoms. The van der Waals surface area contributed by atoms with Crippen molar-refractivity contribution in [2.45, 2.75) is 0 Å². The van der Waals surface area contributed by atoms with E-state index in [4.69, 9.17) is 19.5 Å². The van der Waals surface area contributed by atoms with Crippen molar-refractivity contribution in [3.05, 3.63) is 55.5 Å². The summed E-state index contributed by atoms with van der Waals surface area (Å²) in [6.45, 7) is -0.181. The molecule has 0 aliphatic rings. The normalized spacial score (nSPS) is 8.72. The second-order valence-electron chi connectivity index (χ2n) is 6.18. The van der Waals surface area contributed by atoms with Crippen molar-refractivity contribution in [2.75, 3.05) is 34.2 Å². The minimum absolute atomic E-state index is 0. The largest absolute Gasteiger partial charge is 1.00 e. The predicted octanol–water partition coefficient (Wildman–Crippen LogP) is -1.49. The topological polar surface area (TPSA) is 137 Å². The molecule has 3 rings (SSSR count). The van der Waals surface area contributed by atoms with Crippen molar-refractivity contribution in [1.29, 1.82) is 0 Å². The maximum absolute atomic E-state index is 12.9. The van der Waals surface area contributed by atoms with E-state index in [1.807, 2.05) is 12.1 Å². The number of aldehydes is 1. The average molecular weight is 781 g/mol. The molecule has 1 heterocycles. The molecular formula is C23H23Br2FK2O10S2. The number of hydrogen-bond donors (Lipinski definition) is 1. The van der Waals surface area contributed by atoms with Crippen LogP contribution < -0.4 is 118 Å². The smallest absolute Gasteiger partial charge is 1.00 e. The van der Waals surface area contributed by atoms with Gasteiger partial charge in [0.05, 0.1) is 48.7 Å². The van der Waals surface area contributed by atoms with Gasteiger partial charge in [0.15, 0.2) is 6.29 Å². The summed E-state index contributed by atoms with van der Waals surface area (Å²) in [5, 5.41) is 9.41. The Morgan fingerprint density at radius 2 is 1.50 bits per heavy atom. The number of hydrogen-bond acceptors (Lipinski definition) is 12. The zero-order chi connectivity index (χ0) is 29.3. The van der Waals surface area contributed by atoms with Crippen LogP contribution in [0.25, 0.3) is 10.1 Å². The summed E-state index contributed by atoms with van der Waals surface area (Å²) in [5.41, 5.74) is -0.00458. The van der Waals surface area contributed by atoms with E-state index in [0.29, 0.717) is 21.4 Å². The second-order valence-corrected chi connectivity index (χ2v) is 9.29. The summed E-state index contributed by atoms with van der Waals surface area (Å²) in [6, 6.07) is 8.17. The van der Waals surface area contributed by atoms with Gasteiger partial charge in [0.2, 0.25) is 0 Å². The SMILES string of the molecule is COC(=O)CS.COC(=O)c1cc2cc(OC)c(Br)cc2s1.COc1cc(C=O)c(F)cc1Br.O=CO[O-].[H-].[K+].[K+]. The molecule has 0 aliphatic heterocycles. The molecule has 3 aromatic rings. The Bertz CT molecular complexity index is 1230. The molecule has 2 aromatic carbocycles. The third-order valence-electron chi connectivity index (χ3n) is 3.97. The fourth-order valence-corrected chi connectivity index (χ4v) is 4.52. The van der Waals surface area contributed by atoms with Gasteiger partial charge >= 0.3 is 115 Å². The van der Waals surface area contributed by atoms with Crippen LogP contribution in [-0.2, 0) is 24.0 Å². The molecule has 0 unspecified atom stereocenters. The van der Waals surface area contributed by atoms with Crippen LogP contribution in [0.3, 0.4) is 0 Å². The number of carbonyl (C=O) groups excluding carboxylic acids is 4. The van der Waals surface area contributed by atoms with Crippen LogP contribution in [0.5, 0.6) is 11.5 Å². The first kappa shape index (κ1) is 45.0. The second kappa shape index (κ2) is 26.0. The number of ether oxygens (including phenoxy) is 4. The minimum Gasteiger partial charge on any atom is -1.00 e. The summed E-state index contributed by atoms with van der Waals surface area (Å²) in [7, 11) is 5.77. The first-order chi connectivity index (χ1) is 18.1. The Morgan fingerprint density at radius 3 is 1.90 bits per heavy atom. The number of benzene rings is 2. The van der Waals surface area contributed by atoms with E-state index >= 15 is 0 Å². The van der Waals surface area contributed by atoms with Gasteiger partial charge in [-0.25, -0.2) is 9.18 Å². The third kappa shape index (κ3) is 16.4. The molecule has 0 amide bonds. The van der Waals surface area contributed by atoms with Gasteiger partial charge in [0.25, 0.3) is 6.47 Å². The van der Waals surface area contributed by atoms with E-state index in [2.05, 4.69) is 58.8 Å². The Balaban J connectivity index is -0.000000244. The van der Waals surface area contributed by atoms with Crippen molar-refractivity contribution in [3.8, 4) is 11.5 Å². The van der Waals surface area contributed by atoms with E-state index in [1.165, 1.54) is 44.8 Å². The van der Waals surface area contributed by atoms with Crippen LogP contribution in [0.1, 0.15) is 21.5 Å². The Labute approximate surface area is 342 Å². The Hall–Kier alpha value is 0.553. The molecule has 1 aromatic heterocycles. The quantitative estimate of drug-likeness (QED) is 0.0788. The monoisotopic (exact) mass is 778 g/mol. The number of carbonyl (C=O) groups is 4. The van der Waals surface area contributed by atoms with Crippen LogP contribution in [0.15, 0.2) is 39.3 Å². The molecule has 0 atom stereocenters. The zero-order valence-corrected chi connectivity index (χ0v) is 33.4. The molecule has 210 valence electrons. The van der Waals surface area contributed by atoms with Gasteiger partial charge in [0.1, 0.15) is 22.2 Å². The van der Waals surface area contributed by atoms with E-state index < -0.39 is 5.82 Å². The molecule has 0 bridgehead atoms. The molecule has 0 saturated heterocycles. The molecule has 10 nitrogen and oxygen atoms in total. The number of halogens is 3. The molecule has 0 N–H and O–H groups in total. The van der Waals surface area contributed by atoms with Crippen LogP contribution in [0, 0.1) is 5.82 Å². The Morgan fingerprint density at radius 1 is 0.975 bits per heavy atom. The van der Waals surface area contributed by atoms with Gasteiger partial charge in [-0.2, -0.15) is 12.6 Å². The van der Waals surface area contributed by atoms with Gasteiger partial charge in [-0.15, -0.1) is 11.3 Å². The molecule has 0 fully saturated rings. The number of rotatable bonds is 6. The number of methoxy groups -OCH3 is 4. The van der Waals surface area contributed by atoms with Crippen LogP contribution >= 0.6 is 55.8 Å². The van der Waals surface area contributed by atoms with Crippen LogP contribution in [0.4, 0.5) is 4.39 Å². The third-order valence-corrected chi connectivity index (χ3v) is 6.55. The number of fused-ring (bicyclic) bond motifs is 1. The zero-order valence-electron chi connectivity index (χ0n) is 23.3. The summed E-state index contributed by atoms with van der Waals surface area (Å²) < 4.78 is 34.2. The van der Waals surface area contributed by atoms with E-state index in [9.17, 15) is 18.8 Å². The van der Waals surface area contributed by atoms with Crippen molar-refractivity contribution < 1.29 is 157 Å². The minimum atomic E-state index is -0.558. The summed E-state index contributed by atoms with van der Waals surface area (Å²) >= 11 is 11.5. The van der Waals surface area contributed by atoms with Gasteiger partial charge in [-0.1, -0.05) is 0 Å². The number of esters is 2. The van der Waals surface area contributed by atoms with E-state index in [0.717, 1.165) is 20.3 Å². The number of thiophene rings is 1. The molecule has 40 heavy (non-hydrogen) atoms. The van der Waals surface area contributed by atoms with Gasteiger partial charge < -0.3 is 30.5 Å². The van der Waals surface area contributed by atoms with E-state index in [1.54, 1.807) is 13.2 Å². The van der Waals surface area contributed by atoms with Crippen LogP contribution in [0.2, 0.25) is 0 Å². The number of thiol groups is 1. The standard InChI is InChI=1S/C11H9BrO3S.C8H6BrFO2.C3H6O2S.CH2O3.2K.H/c1-14-8-3-6-4-10(11(13)15-2)16-9(6)5-7(8)12;1-12-8-2-5(4-11)7(10)3-6(8)9;1-5-3(4)2-6;2-1-4-3;;;/h3-5H,1-2H3;2-4H,1H3;6H,2H2,1H3;1,3H;;;/q;;;;2*+1;-1/p-1. The van der Waals surface area contributed by atoms with Crippen molar-refractivity contribution in [1.82, 2.24) is 0 Å². The van der Waals surface area contributed by atoms with Crippen molar-refractivity contribution in [2.24, 2.45) is 0 Å². The molecular weight excluding hydrogens is 757 g/mol. The summed E-state index contributed by atoms with van der Waals surface area (Å²) in [5.74, 6) is 0.198. The predicted molar refractivity (Wildman–Crippen MR) is 148 cm³/mol. The Kier molecular flexibility index (Phi) is 29.2. The first-order valence-electron chi connectivity index (χ1n) is 9.80. The maximum atomic E-state index is 12.9. The molecule has 17 heteroatoms. The van der Waals surface area contributed by atoms with Gasteiger partial charge in [-0.3, -0.25) is 14.4 Å². The summed E-state index contributed by atoms with van der Waals surface area (Å²) in [6.07, 6.45) is 0.449. The summed E-state index contributed by atoms with van der Waals surface area (Å²) in [4.78, 5) is 43.4. The van der Waals surface area contributed by atoms with Crippen molar-refractivity contribution in [3.63, 3.8) is 0 Å². The molecule has 0 aliphatic carbocycles. The van der Waals surface area contributed by atoms with Gasteiger partial charge in [0, 0.05) is 4.70 Å². The van der Waals surface area contributed by atoms with E-state index in [-0.39, 0.29) is 134 Å². The molecule has 0 radical (unpaired) electrons. The fourth-order valence-electron chi connectivity index (χ4n) is 2.25. The van der Waals surface area contributed by atoms with Gasteiger partial charge in [-0.05, 0) is 67.6 Å².